The van der Waals surface area contributed by atoms with Crippen LogP contribution in [0.2, 0.25) is 0 Å². The maximum Gasteiger partial charge on any atom is 0.155 e. The number of pyridine rings is 1. The minimum atomic E-state index is 0.472. The summed E-state index contributed by atoms with van der Waals surface area (Å²) in [6, 6.07) is 1.63. The second-order valence-corrected chi connectivity index (χ2v) is 3.35. The van der Waals surface area contributed by atoms with Crippen LogP contribution < -0.4 is 10.6 Å². The molecule has 0 bridgehead atoms. The summed E-state index contributed by atoms with van der Waals surface area (Å²) >= 11 is 0. The van der Waals surface area contributed by atoms with E-state index < -0.39 is 0 Å². The van der Waals surface area contributed by atoms with Gasteiger partial charge in [0.2, 0.25) is 0 Å². The number of rotatable bonds is 2. The highest BCUT2D eigenvalue weighted by molar-refractivity contribution is 5.90. The van der Waals surface area contributed by atoms with Crippen molar-refractivity contribution in [3.05, 3.63) is 17.8 Å². The Balaban J connectivity index is 2.33. The first-order chi connectivity index (χ1) is 7.33. The van der Waals surface area contributed by atoms with Crippen LogP contribution in [0.5, 0.6) is 0 Å². The molecule has 0 atom stereocenters. The van der Waals surface area contributed by atoms with Crippen molar-refractivity contribution in [2.45, 2.75) is 0 Å². The van der Waals surface area contributed by atoms with Gasteiger partial charge in [0.1, 0.15) is 5.82 Å². The first-order valence-electron chi connectivity index (χ1n) is 4.85. The molecule has 2 N–H and O–H groups in total. The van der Waals surface area contributed by atoms with Gasteiger partial charge in [-0.2, -0.15) is 0 Å². The largest absolute Gasteiger partial charge is 0.398 e. The molecule has 80 valence electrons. The Morgan fingerprint density at radius 2 is 2.20 bits per heavy atom. The Labute approximate surface area is 87.8 Å². The van der Waals surface area contributed by atoms with Gasteiger partial charge in [0, 0.05) is 25.0 Å². The summed E-state index contributed by atoms with van der Waals surface area (Å²) in [6.07, 6.45) is 2.38. The van der Waals surface area contributed by atoms with Crippen molar-refractivity contribution >= 4 is 17.8 Å². The summed E-state index contributed by atoms with van der Waals surface area (Å²) in [5, 5.41) is 0. The maximum absolute atomic E-state index is 10.9. The lowest BCUT2D eigenvalue weighted by atomic mass is 10.2. The smallest absolute Gasteiger partial charge is 0.155 e. The summed E-state index contributed by atoms with van der Waals surface area (Å²) in [5.74, 6) is 0.660. The van der Waals surface area contributed by atoms with E-state index in [0.717, 1.165) is 19.4 Å². The molecule has 5 nitrogen and oxygen atoms in total. The molecular formula is C10H13N3O2. The summed E-state index contributed by atoms with van der Waals surface area (Å²) in [7, 11) is 0. The van der Waals surface area contributed by atoms with Crippen LogP contribution in [-0.2, 0) is 4.74 Å². The zero-order valence-electron chi connectivity index (χ0n) is 8.35. The van der Waals surface area contributed by atoms with Gasteiger partial charge in [0.05, 0.1) is 18.8 Å². The Morgan fingerprint density at radius 3 is 2.87 bits per heavy atom. The van der Waals surface area contributed by atoms with Crippen LogP contribution in [-0.4, -0.2) is 37.6 Å². The Bertz CT molecular complexity index is 362. The van der Waals surface area contributed by atoms with E-state index in [0.29, 0.717) is 30.3 Å². The maximum atomic E-state index is 10.9. The molecule has 2 rings (SSSR count). The second-order valence-electron chi connectivity index (χ2n) is 3.35. The molecule has 15 heavy (non-hydrogen) atoms. The van der Waals surface area contributed by atoms with Crippen molar-refractivity contribution in [1.82, 2.24) is 4.98 Å². The molecule has 0 unspecified atom stereocenters. The number of nitrogens with two attached hydrogens (primary N) is 1. The highest BCUT2D eigenvalue weighted by Crippen LogP contribution is 2.21. The van der Waals surface area contributed by atoms with Crippen LogP contribution in [0.25, 0.3) is 0 Å². The number of aromatic nitrogens is 1. The fourth-order valence-corrected chi connectivity index (χ4v) is 1.62. The molecule has 0 amide bonds. The third-order valence-electron chi connectivity index (χ3n) is 2.43. The van der Waals surface area contributed by atoms with E-state index in [1.807, 2.05) is 4.90 Å². The first kappa shape index (κ1) is 9.92. The number of aldehydes is 1. The molecule has 1 aromatic rings. The van der Waals surface area contributed by atoms with E-state index in [2.05, 4.69) is 4.98 Å². The summed E-state index contributed by atoms with van der Waals surface area (Å²) < 4.78 is 5.24. The molecule has 0 radical (unpaired) electrons. The van der Waals surface area contributed by atoms with Crippen LogP contribution in [0.1, 0.15) is 10.4 Å². The van der Waals surface area contributed by atoms with Gasteiger partial charge in [-0.25, -0.2) is 4.98 Å². The van der Waals surface area contributed by atoms with Gasteiger partial charge < -0.3 is 15.4 Å². The normalized spacial score (nSPS) is 16.4. The zero-order valence-corrected chi connectivity index (χ0v) is 8.35. The van der Waals surface area contributed by atoms with Gasteiger partial charge in [-0.15, -0.1) is 0 Å². The van der Waals surface area contributed by atoms with Crippen molar-refractivity contribution in [2.75, 3.05) is 36.9 Å². The Kier molecular flexibility index (Phi) is 2.82. The number of ether oxygens (including phenoxy) is 1. The SMILES string of the molecule is Nc1ccnc(N2CCOCC2)c1C=O. The Hall–Kier alpha value is -1.62. The molecule has 1 fully saturated rings. The average molecular weight is 207 g/mol. The molecular weight excluding hydrogens is 194 g/mol. The molecule has 1 aliphatic heterocycles. The number of carbonyl (C=O) groups is 1. The fourth-order valence-electron chi connectivity index (χ4n) is 1.62. The van der Waals surface area contributed by atoms with E-state index in [4.69, 9.17) is 10.5 Å². The number of nitrogens with zero attached hydrogens (tertiary/aromatic N) is 2. The molecule has 5 heteroatoms. The number of carbonyl (C=O) groups excluding carboxylic acids is 1. The van der Waals surface area contributed by atoms with E-state index in [1.54, 1.807) is 12.3 Å². The molecule has 1 saturated heterocycles. The van der Waals surface area contributed by atoms with Crippen molar-refractivity contribution in [1.29, 1.82) is 0 Å². The molecule has 0 aromatic carbocycles. The van der Waals surface area contributed by atoms with E-state index in [1.165, 1.54) is 0 Å². The quantitative estimate of drug-likeness (QED) is 0.707. The van der Waals surface area contributed by atoms with Crippen LogP contribution in [0.15, 0.2) is 12.3 Å². The fraction of sp³-hybridized carbons (Fsp3) is 0.400. The predicted molar refractivity (Wildman–Crippen MR) is 57.1 cm³/mol. The number of anilines is 2. The number of hydrogen-bond donors (Lipinski definition) is 1. The van der Waals surface area contributed by atoms with Gasteiger partial charge in [0.25, 0.3) is 0 Å². The Morgan fingerprint density at radius 1 is 1.47 bits per heavy atom. The lowest BCUT2D eigenvalue weighted by Crippen LogP contribution is -2.37. The monoisotopic (exact) mass is 207 g/mol. The van der Waals surface area contributed by atoms with E-state index in [9.17, 15) is 4.79 Å². The van der Waals surface area contributed by atoms with Crippen molar-refractivity contribution < 1.29 is 9.53 Å². The van der Waals surface area contributed by atoms with Crippen molar-refractivity contribution in [3.63, 3.8) is 0 Å². The number of nitrogen functional groups attached to an aromatic ring is 1. The molecule has 0 aliphatic carbocycles. The molecule has 0 spiro atoms. The molecule has 2 heterocycles. The van der Waals surface area contributed by atoms with E-state index >= 15 is 0 Å². The van der Waals surface area contributed by atoms with E-state index in [-0.39, 0.29) is 0 Å². The van der Waals surface area contributed by atoms with Crippen molar-refractivity contribution in [3.8, 4) is 0 Å². The van der Waals surface area contributed by atoms with Crippen LogP contribution in [0, 0.1) is 0 Å². The van der Waals surface area contributed by atoms with Crippen LogP contribution in [0.4, 0.5) is 11.5 Å². The lowest BCUT2D eigenvalue weighted by molar-refractivity contribution is 0.111. The summed E-state index contributed by atoms with van der Waals surface area (Å²) in [6.45, 7) is 2.82. The first-order valence-corrected chi connectivity index (χ1v) is 4.85. The topological polar surface area (TPSA) is 68.4 Å². The number of hydrogen-bond acceptors (Lipinski definition) is 5. The van der Waals surface area contributed by atoms with Crippen molar-refractivity contribution in [2.24, 2.45) is 0 Å². The minimum absolute atomic E-state index is 0.472. The third kappa shape index (κ3) is 1.92. The minimum Gasteiger partial charge on any atom is -0.398 e. The van der Waals surface area contributed by atoms with Gasteiger partial charge in [-0.1, -0.05) is 0 Å². The highest BCUT2D eigenvalue weighted by Gasteiger charge is 2.17. The molecule has 1 aliphatic rings. The van der Waals surface area contributed by atoms with Gasteiger partial charge in [-0.05, 0) is 6.07 Å². The molecule has 1 aromatic heterocycles. The number of morpholine rings is 1. The van der Waals surface area contributed by atoms with Gasteiger partial charge in [0.15, 0.2) is 6.29 Å². The summed E-state index contributed by atoms with van der Waals surface area (Å²) in [5.41, 5.74) is 6.65. The van der Waals surface area contributed by atoms with Gasteiger partial charge in [-0.3, -0.25) is 4.79 Å². The second kappa shape index (κ2) is 4.27. The average Bonchev–Trinajstić information content (AvgIpc) is 2.30. The standard InChI is InChI=1S/C10H13N3O2/c11-9-1-2-12-10(8(9)7-14)13-3-5-15-6-4-13/h1-2,7H,3-6H2,(H2,11,12). The predicted octanol–water partition coefficient (Wildman–Crippen LogP) is 0.313. The van der Waals surface area contributed by atoms with Gasteiger partial charge >= 0.3 is 0 Å². The third-order valence-corrected chi connectivity index (χ3v) is 2.43. The van der Waals surface area contributed by atoms with Crippen LogP contribution >= 0.6 is 0 Å². The molecule has 0 saturated carbocycles. The lowest BCUT2D eigenvalue weighted by Gasteiger charge is -2.28. The summed E-state index contributed by atoms with van der Waals surface area (Å²) in [4.78, 5) is 17.1. The highest BCUT2D eigenvalue weighted by atomic mass is 16.5. The zero-order chi connectivity index (χ0) is 10.7. The van der Waals surface area contributed by atoms with Crippen LogP contribution in [0.3, 0.4) is 0 Å².